The quantitative estimate of drug-likeness (QED) is 0.364. The van der Waals surface area contributed by atoms with Gasteiger partial charge in [-0.05, 0) is 59.2 Å². The van der Waals surface area contributed by atoms with E-state index in [2.05, 4.69) is 6.07 Å². The Morgan fingerprint density at radius 2 is 1.27 bits per heavy atom. The molecule has 0 saturated heterocycles. The summed E-state index contributed by atoms with van der Waals surface area (Å²) in [5, 5.41) is 1.51. The van der Waals surface area contributed by atoms with Crippen LogP contribution in [-0.4, -0.2) is 26.1 Å². The Morgan fingerprint density at radius 1 is 0.667 bits per heavy atom. The molecule has 164 valence electrons. The molecule has 2 aliphatic carbocycles. The number of methoxy groups -OCH3 is 2. The van der Waals surface area contributed by atoms with Gasteiger partial charge in [0.2, 0.25) is 0 Å². The zero-order valence-electron chi connectivity index (χ0n) is 18.7. The number of fused-ring (bicyclic) bond motifs is 3. The van der Waals surface area contributed by atoms with Crippen LogP contribution in [0, 0.1) is 0 Å². The van der Waals surface area contributed by atoms with Gasteiger partial charge in [0, 0.05) is 16.5 Å². The van der Waals surface area contributed by atoms with Gasteiger partial charge in [-0.2, -0.15) is 0 Å². The molecule has 0 fully saturated rings. The van der Waals surface area contributed by atoms with Crippen LogP contribution in [0.15, 0.2) is 89.7 Å². The van der Waals surface area contributed by atoms with Crippen LogP contribution in [0.5, 0.6) is 11.5 Å². The predicted octanol–water partition coefficient (Wildman–Crippen LogP) is 5.52. The second kappa shape index (κ2) is 8.36. The molecule has 1 aromatic heterocycles. The molecule has 0 atom stereocenters. The molecule has 2 aromatic carbocycles. The van der Waals surface area contributed by atoms with E-state index >= 15 is 0 Å². The van der Waals surface area contributed by atoms with Gasteiger partial charge < -0.3 is 14.3 Å². The normalized spacial score (nSPS) is 11.0. The maximum Gasteiger partial charge on any atom is 0.291 e. The molecule has 0 bridgehead atoms. The first-order valence-corrected chi connectivity index (χ1v) is 10.6. The Balaban J connectivity index is 1.97. The number of benzene rings is 2. The Kier molecular flexibility index (Phi) is 5.23. The number of hydrogen-bond acceptors (Lipinski definition) is 4. The van der Waals surface area contributed by atoms with Gasteiger partial charge in [0.1, 0.15) is 18.6 Å². The number of pyridine rings is 1. The van der Waals surface area contributed by atoms with Crippen molar-refractivity contribution in [3.05, 3.63) is 95.3 Å². The highest BCUT2D eigenvalue weighted by molar-refractivity contribution is 6.13. The number of nitrogens with zero attached hydrogens (tertiary/aromatic N) is 1. The third-order valence-corrected chi connectivity index (χ3v) is 5.94. The average molecular weight is 437 g/mol. The number of aromatic nitrogens is 1. The Hall–Kier alpha value is -4.25. The van der Waals surface area contributed by atoms with E-state index in [1.54, 1.807) is 14.2 Å². The van der Waals surface area contributed by atoms with E-state index in [4.69, 9.17) is 14.3 Å². The lowest BCUT2D eigenvalue weighted by Gasteiger charge is -2.19. The van der Waals surface area contributed by atoms with Crippen molar-refractivity contribution in [1.82, 2.24) is 4.73 Å². The summed E-state index contributed by atoms with van der Waals surface area (Å²) < 4.78 is 12.1. The first kappa shape index (κ1) is 20.6. The molecule has 0 radical (unpaired) electrons. The van der Waals surface area contributed by atoms with Crippen LogP contribution in [0.4, 0.5) is 0 Å². The highest BCUT2D eigenvalue weighted by Gasteiger charge is 2.24. The van der Waals surface area contributed by atoms with Crippen LogP contribution in [0.3, 0.4) is 0 Å². The van der Waals surface area contributed by atoms with Crippen LogP contribution >= 0.6 is 0 Å². The van der Waals surface area contributed by atoms with Crippen molar-refractivity contribution in [2.45, 2.75) is 0 Å². The van der Waals surface area contributed by atoms with E-state index in [1.807, 2.05) is 78.9 Å². The second-order valence-corrected chi connectivity index (χ2v) is 7.68. The van der Waals surface area contributed by atoms with Gasteiger partial charge in [0.15, 0.2) is 0 Å². The Bertz CT molecular complexity index is 1470. The summed E-state index contributed by atoms with van der Waals surface area (Å²) in [6.45, 7) is 0. The first-order chi connectivity index (χ1) is 16.2. The molecule has 5 heteroatoms. The zero-order valence-corrected chi connectivity index (χ0v) is 18.7. The molecule has 5 rings (SSSR count). The van der Waals surface area contributed by atoms with Gasteiger partial charge in [0.05, 0.1) is 25.3 Å². The van der Waals surface area contributed by atoms with Crippen LogP contribution in [0.2, 0.25) is 0 Å². The summed E-state index contributed by atoms with van der Waals surface area (Å²) in [6.07, 6.45) is 0. The fourth-order valence-electron chi connectivity index (χ4n) is 4.38. The Labute approximate surface area is 191 Å². The topological polar surface area (TPSA) is 49.7 Å². The summed E-state index contributed by atoms with van der Waals surface area (Å²) >= 11 is 0. The van der Waals surface area contributed by atoms with Crippen LogP contribution in [-0.2, 0) is 0 Å². The molecule has 0 spiro atoms. The van der Waals surface area contributed by atoms with Gasteiger partial charge >= 0.3 is 0 Å². The van der Waals surface area contributed by atoms with Gasteiger partial charge in [-0.25, -0.2) is 0 Å². The van der Waals surface area contributed by atoms with Crippen molar-refractivity contribution < 1.29 is 14.3 Å². The molecule has 2 aliphatic rings. The van der Waals surface area contributed by atoms with E-state index in [-0.39, 0.29) is 5.56 Å². The van der Waals surface area contributed by atoms with E-state index in [1.165, 1.54) is 11.8 Å². The summed E-state index contributed by atoms with van der Waals surface area (Å²) in [5.41, 5.74) is 5.21. The number of ether oxygens (including phenoxy) is 2. The lowest BCUT2D eigenvalue weighted by molar-refractivity contribution is 0.163. The van der Waals surface area contributed by atoms with Crippen molar-refractivity contribution in [3.8, 4) is 45.0 Å². The highest BCUT2D eigenvalue weighted by atomic mass is 16.6. The van der Waals surface area contributed by atoms with E-state index < -0.39 is 0 Å². The van der Waals surface area contributed by atoms with Crippen molar-refractivity contribution in [2.75, 3.05) is 21.3 Å². The van der Waals surface area contributed by atoms with Crippen molar-refractivity contribution in [1.29, 1.82) is 0 Å². The lowest BCUT2D eigenvalue weighted by atomic mass is 9.93. The third-order valence-electron chi connectivity index (χ3n) is 5.94. The highest BCUT2D eigenvalue weighted by Crippen LogP contribution is 2.43. The molecule has 0 unspecified atom stereocenters. The lowest BCUT2D eigenvalue weighted by Crippen LogP contribution is -2.27. The fourth-order valence-corrected chi connectivity index (χ4v) is 4.38. The molecular weight excluding hydrogens is 414 g/mol. The zero-order chi connectivity index (χ0) is 22.9. The fraction of sp³-hybridized carbons (Fsp3) is 0.107. The predicted molar refractivity (Wildman–Crippen MR) is 131 cm³/mol. The van der Waals surface area contributed by atoms with Crippen LogP contribution in [0.25, 0.3) is 44.3 Å². The van der Waals surface area contributed by atoms with Gasteiger partial charge in [-0.3, -0.25) is 4.79 Å². The standard InChI is InChI=1S/C28H23NO4/c1-31-21-13-9-18(10-14-21)25-26-23-8-6-4-5-7-20(23)17-24(26)28(30)29(33-3)27(25)19-11-15-22(32-2)16-12-19/h4-17H,1-3H3. The Morgan fingerprint density at radius 3 is 1.88 bits per heavy atom. The van der Waals surface area contributed by atoms with E-state index in [0.29, 0.717) is 11.1 Å². The molecule has 0 amide bonds. The van der Waals surface area contributed by atoms with Crippen LogP contribution < -0.4 is 19.9 Å². The smallest absolute Gasteiger partial charge is 0.291 e. The molecule has 33 heavy (non-hydrogen) atoms. The minimum absolute atomic E-state index is 0.200. The van der Waals surface area contributed by atoms with Gasteiger partial charge in [0.25, 0.3) is 5.56 Å². The minimum Gasteiger partial charge on any atom is -0.497 e. The van der Waals surface area contributed by atoms with Crippen LogP contribution in [0.1, 0.15) is 0 Å². The molecular formula is C28H23NO4. The summed E-state index contributed by atoms with van der Waals surface area (Å²) in [5.74, 6) is 1.50. The SMILES string of the molecule is COc1ccc(-c2c(-c3ccc(OC)cc3)n(OC)c(=O)c3cc4cccccc-4c23)cc1. The summed E-state index contributed by atoms with van der Waals surface area (Å²) in [7, 11) is 4.79. The van der Waals surface area contributed by atoms with Crippen molar-refractivity contribution in [3.63, 3.8) is 0 Å². The minimum atomic E-state index is -0.200. The molecule has 3 aromatic rings. The molecule has 1 heterocycles. The molecule has 0 aliphatic heterocycles. The maximum atomic E-state index is 13.6. The number of rotatable bonds is 5. The van der Waals surface area contributed by atoms with Gasteiger partial charge in [-0.15, -0.1) is 4.73 Å². The molecule has 0 N–H and O–H groups in total. The monoisotopic (exact) mass is 437 g/mol. The van der Waals surface area contributed by atoms with E-state index in [9.17, 15) is 4.79 Å². The van der Waals surface area contributed by atoms with Crippen molar-refractivity contribution in [2.24, 2.45) is 0 Å². The van der Waals surface area contributed by atoms with Crippen molar-refractivity contribution >= 4 is 10.8 Å². The first-order valence-electron chi connectivity index (χ1n) is 10.6. The largest absolute Gasteiger partial charge is 0.497 e. The molecule has 5 nitrogen and oxygen atoms in total. The van der Waals surface area contributed by atoms with E-state index in [0.717, 1.165) is 44.7 Å². The summed E-state index contributed by atoms with van der Waals surface area (Å²) in [6, 6.07) is 27.5. The number of hydrogen-bond donors (Lipinski definition) is 0. The second-order valence-electron chi connectivity index (χ2n) is 7.68. The summed E-state index contributed by atoms with van der Waals surface area (Å²) in [4.78, 5) is 19.3. The molecule has 0 saturated carbocycles. The third kappa shape index (κ3) is 3.38. The maximum absolute atomic E-state index is 13.6. The van der Waals surface area contributed by atoms with Gasteiger partial charge in [-0.1, -0.05) is 42.5 Å². The average Bonchev–Trinajstić information content (AvgIpc) is 3.06.